The van der Waals surface area contributed by atoms with Crippen molar-refractivity contribution in [2.45, 2.75) is 45.6 Å². The van der Waals surface area contributed by atoms with E-state index in [0.29, 0.717) is 6.04 Å². The molecule has 2 nitrogen and oxygen atoms in total. The van der Waals surface area contributed by atoms with Crippen LogP contribution in [0.25, 0.3) is 0 Å². The van der Waals surface area contributed by atoms with Crippen LogP contribution in [-0.4, -0.2) is 19.1 Å². The normalized spacial score (nSPS) is 15.2. The third-order valence-electron chi connectivity index (χ3n) is 3.60. The molecule has 0 spiro atoms. The fraction of sp³-hybridized carbons (Fsp3) is 0.600. The summed E-state index contributed by atoms with van der Waals surface area (Å²) < 4.78 is 0. The van der Waals surface area contributed by atoms with Gasteiger partial charge in [0.25, 0.3) is 0 Å². The molecule has 2 heteroatoms. The van der Waals surface area contributed by atoms with Gasteiger partial charge in [-0.25, -0.2) is 0 Å². The van der Waals surface area contributed by atoms with Crippen LogP contribution in [0.2, 0.25) is 0 Å². The largest absolute Gasteiger partial charge is 0.369 e. The summed E-state index contributed by atoms with van der Waals surface area (Å²) in [5, 5.41) is 0. The molecule has 0 atom stereocenters. The monoisotopic (exact) mass is 232 g/mol. The first-order chi connectivity index (χ1) is 8.22. The van der Waals surface area contributed by atoms with Crippen LogP contribution < -0.4 is 10.6 Å². The molecule has 0 aromatic heterocycles. The fourth-order valence-corrected chi connectivity index (χ4v) is 2.65. The number of hydrogen-bond acceptors (Lipinski definition) is 2. The van der Waals surface area contributed by atoms with Crippen molar-refractivity contribution in [2.75, 3.05) is 18.0 Å². The first-order valence-electron chi connectivity index (χ1n) is 6.81. The third-order valence-corrected chi connectivity index (χ3v) is 3.60. The van der Waals surface area contributed by atoms with Crippen LogP contribution in [0.3, 0.4) is 0 Å². The third kappa shape index (κ3) is 2.81. The van der Waals surface area contributed by atoms with Gasteiger partial charge in [0, 0.05) is 18.3 Å². The quantitative estimate of drug-likeness (QED) is 0.865. The Morgan fingerprint density at radius 1 is 1.35 bits per heavy atom. The lowest BCUT2D eigenvalue weighted by molar-refractivity contribution is 0.625. The fourth-order valence-electron chi connectivity index (χ4n) is 2.65. The predicted octanol–water partition coefficient (Wildman–Crippen LogP) is 2.74. The van der Waals surface area contributed by atoms with Crippen LogP contribution in [0.4, 0.5) is 5.69 Å². The highest BCUT2D eigenvalue weighted by atomic mass is 15.2. The SMILES string of the molecule is CC(C)N1CCCc2ccc(CCCN)cc21. The average molecular weight is 232 g/mol. The maximum atomic E-state index is 5.58. The number of anilines is 1. The van der Waals surface area contributed by atoms with Gasteiger partial charge in [0.05, 0.1) is 0 Å². The summed E-state index contributed by atoms with van der Waals surface area (Å²) in [5.41, 5.74) is 9.99. The highest BCUT2D eigenvalue weighted by molar-refractivity contribution is 5.57. The molecule has 1 heterocycles. The molecule has 0 saturated heterocycles. The van der Waals surface area contributed by atoms with Gasteiger partial charge in [-0.15, -0.1) is 0 Å². The van der Waals surface area contributed by atoms with Crippen molar-refractivity contribution in [3.63, 3.8) is 0 Å². The molecule has 0 radical (unpaired) electrons. The zero-order chi connectivity index (χ0) is 12.3. The molecule has 1 aromatic carbocycles. The van der Waals surface area contributed by atoms with Crippen molar-refractivity contribution < 1.29 is 0 Å². The maximum Gasteiger partial charge on any atom is 0.0403 e. The number of fused-ring (bicyclic) bond motifs is 1. The Balaban J connectivity index is 2.24. The molecule has 0 bridgehead atoms. The van der Waals surface area contributed by atoms with Crippen molar-refractivity contribution in [1.82, 2.24) is 0 Å². The average Bonchev–Trinajstić information content (AvgIpc) is 2.35. The standard InChI is InChI=1S/C15H24N2/c1-12(2)17-10-4-6-14-8-7-13(5-3-9-16)11-15(14)17/h7-8,11-12H,3-6,9-10,16H2,1-2H3. The Bertz CT molecular complexity index is 371. The second-order valence-electron chi connectivity index (χ2n) is 5.25. The van der Waals surface area contributed by atoms with E-state index in [0.717, 1.165) is 19.4 Å². The zero-order valence-electron chi connectivity index (χ0n) is 11.1. The molecular formula is C15H24N2. The number of nitrogens with zero attached hydrogens (tertiary/aromatic N) is 1. The summed E-state index contributed by atoms with van der Waals surface area (Å²) in [4.78, 5) is 2.53. The second-order valence-corrected chi connectivity index (χ2v) is 5.25. The first-order valence-corrected chi connectivity index (χ1v) is 6.81. The first kappa shape index (κ1) is 12.4. The molecule has 1 aliphatic heterocycles. The Morgan fingerprint density at radius 3 is 2.88 bits per heavy atom. The minimum atomic E-state index is 0.596. The molecule has 0 amide bonds. The number of hydrogen-bond donors (Lipinski definition) is 1. The summed E-state index contributed by atoms with van der Waals surface area (Å²) in [6.45, 7) is 6.54. The van der Waals surface area contributed by atoms with Crippen LogP contribution in [0.1, 0.15) is 37.8 Å². The molecule has 0 aliphatic carbocycles. The van der Waals surface area contributed by atoms with Crippen LogP contribution in [0.5, 0.6) is 0 Å². The summed E-state index contributed by atoms with van der Waals surface area (Å²) in [6.07, 6.45) is 4.71. The van der Waals surface area contributed by atoms with Crippen LogP contribution >= 0.6 is 0 Å². The Morgan fingerprint density at radius 2 is 2.18 bits per heavy atom. The summed E-state index contributed by atoms with van der Waals surface area (Å²) in [5.74, 6) is 0. The van der Waals surface area contributed by atoms with Crippen LogP contribution in [0.15, 0.2) is 18.2 Å². The lowest BCUT2D eigenvalue weighted by Crippen LogP contribution is -2.35. The van der Waals surface area contributed by atoms with Crippen molar-refractivity contribution in [1.29, 1.82) is 0 Å². The number of rotatable bonds is 4. The minimum Gasteiger partial charge on any atom is -0.369 e. The Hall–Kier alpha value is -1.02. The smallest absolute Gasteiger partial charge is 0.0403 e. The minimum absolute atomic E-state index is 0.596. The van der Waals surface area contributed by atoms with Gasteiger partial charge in [-0.3, -0.25) is 0 Å². The molecular weight excluding hydrogens is 208 g/mol. The molecule has 1 aromatic rings. The second kappa shape index (κ2) is 5.54. The van der Waals surface area contributed by atoms with Gasteiger partial charge in [-0.1, -0.05) is 12.1 Å². The van der Waals surface area contributed by atoms with Gasteiger partial charge in [0.1, 0.15) is 0 Å². The van der Waals surface area contributed by atoms with Crippen LogP contribution in [0, 0.1) is 0 Å². The number of nitrogens with two attached hydrogens (primary N) is 1. The van der Waals surface area contributed by atoms with E-state index in [1.807, 2.05) is 0 Å². The molecule has 2 rings (SSSR count). The Labute approximate surface area is 105 Å². The zero-order valence-corrected chi connectivity index (χ0v) is 11.1. The van der Waals surface area contributed by atoms with Crippen molar-refractivity contribution in [3.05, 3.63) is 29.3 Å². The van der Waals surface area contributed by atoms with Crippen molar-refractivity contribution in [3.8, 4) is 0 Å². The molecule has 1 aliphatic rings. The Kier molecular flexibility index (Phi) is 4.06. The van der Waals surface area contributed by atoms with Crippen molar-refractivity contribution in [2.24, 2.45) is 5.73 Å². The summed E-state index contributed by atoms with van der Waals surface area (Å²) >= 11 is 0. The van der Waals surface area contributed by atoms with Crippen molar-refractivity contribution >= 4 is 5.69 Å². The predicted molar refractivity (Wildman–Crippen MR) is 74.6 cm³/mol. The van der Waals surface area contributed by atoms with Gasteiger partial charge in [0.2, 0.25) is 0 Å². The van der Waals surface area contributed by atoms with Gasteiger partial charge in [-0.2, -0.15) is 0 Å². The van der Waals surface area contributed by atoms with E-state index in [9.17, 15) is 0 Å². The molecule has 2 N–H and O–H groups in total. The van der Waals surface area contributed by atoms with Crippen LogP contribution in [-0.2, 0) is 12.8 Å². The summed E-state index contributed by atoms with van der Waals surface area (Å²) in [6, 6.07) is 7.57. The maximum absolute atomic E-state index is 5.58. The van der Waals surface area contributed by atoms with E-state index >= 15 is 0 Å². The molecule has 0 unspecified atom stereocenters. The molecule has 17 heavy (non-hydrogen) atoms. The van der Waals surface area contributed by atoms with Gasteiger partial charge in [-0.05, 0) is 63.3 Å². The van der Waals surface area contributed by atoms with E-state index < -0.39 is 0 Å². The van der Waals surface area contributed by atoms with E-state index in [1.165, 1.54) is 36.2 Å². The number of benzene rings is 1. The van der Waals surface area contributed by atoms with E-state index in [2.05, 4.69) is 36.9 Å². The van der Waals surface area contributed by atoms with Gasteiger partial charge in [0.15, 0.2) is 0 Å². The highest BCUT2D eigenvalue weighted by Gasteiger charge is 2.18. The number of aryl methyl sites for hydroxylation is 2. The topological polar surface area (TPSA) is 29.3 Å². The lowest BCUT2D eigenvalue weighted by Gasteiger charge is -2.35. The summed E-state index contributed by atoms with van der Waals surface area (Å²) in [7, 11) is 0. The van der Waals surface area contributed by atoms with Gasteiger partial charge < -0.3 is 10.6 Å². The molecule has 0 fully saturated rings. The molecule has 0 saturated carbocycles. The van der Waals surface area contributed by atoms with E-state index in [1.54, 1.807) is 0 Å². The van der Waals surface area contributed by atoms with E-state index in [-0.39, 0.29) is 0 Å². The lowest BCUT2D eigenvalue weighted by atomic mass is 9.97. The van der Waals surface area contributed by atoms with E-state index in [4.69, 9.17) is 5.73 Å². The molecule has 94 valence electrons. The van der Waals surface area contributed by atoms with Gasteiger partial charge >= 0.3 is 0 Å². The highest BCUT2D eigenvalue weighted by Crippen LogP contribution is 2.30.